The third kappa shape index (κ3) is 2.64. The Bertz CT molecular complexity index is 187. The summed E-state index contributed by atoms with van der Waals surface area (Å²) in [6.07, 6.45) is 8.29. The second-order valence-electron chi connectivity index (χ2n) is 3.04. The van der Waals surface area contributed by atoms with E-state index in [-0.39, 0.29) is 5.78 Å². The van der Waals surface area contributed by atoms with Crippen LogP contribution in [0.2, 0.25) is 0 Å². The summed E-state index contributed by atoms with van der Waals surface area (Å²) in [5.41, 5.74) is 0. The van der Waals surface area contributed by atoms with Gasteiger partial charge in [-0.1, -0.05) is 13.3 Å². The van der Waals surface area contributed by atoms with E-state index in [0.29, 0.717) is 18.3 Å². The minimum absolute atomic E-state index is 0.0777. The van der Waals surface area contributed by atoms with Gasteiger partial charge in [-0.05, 0) is 25.7 Å². The van der Waals surface area contributed by atoms with Gasteiger partial charge in [0.25, 0.3) is 0 Å². The topological polar surface area (TPSA) is 34.1 Å². The van der Waals surface area contributed by atoms with Crippen LogP contribution in [0.25, 0.3) is 0 Å². The zero-order valence-corrected chi connectivity index (χ0v) is 7.75. The first-order chi connectivity index (χ1) is 6.29. The van der Waals surface area contributed by atoms with Crippen molar-refractivity contribution >= 4 is 12.1 Å². The number of carbonyl (C=O) groups is 2. The maximum atomic E-state index is 11.5. The van der Waals surface area contributed by atoms with Gasteiger partial charge in [0, 0.05) is 6.42 Å². The number of Topliss-reactive ketones (excluding diaryl/α,β-unsaturated/α-hetero) is 1. The van der Waals surface area contributed by atoms with Crippen molar-refractivity contribution in [3.8, 4) is 0 Å². The summed E-state index contributed by atoms with van der Waals surface area (Å²) in [5, 5.41) is 0. The van der Waals surface area contributed by atoms with Crippen molar-refractivity contribution < 1.29 is 9.59 Å². The summed E-state index contributed by atoms with van der Waals surface area (Å²) in [6.45, 7) is 2.04. The molecule has 0 atom stereocenters. The highest BCUT2D eigenvalue weighted by Crippen LogP contribution is 2.33. The Morgan fingerprint density at radius 2 is 2.23 bits per heavy atom. The number of rotatable bonds is 5. The highest BCUT2D eigenvalue weighted by molar-refractivity contribution is 6.05. The summed E-state index contributed by atoms with van der Waals surface area (Å²) in [5.74, 6) is 1.17. The molecule has 0 spiro atoms. The molecule has 5 radical (unpaired) electrons. The predicted molar refractivity (Wildman–Crippen MR) is 50.0 cm³/mol. The summed E-state index contributed by atoms with van der Waals surface area (Å²) >= 11 is 0. The van der Waals surface area contributed by atoms with Crippen molar-refractivity contribution in [3.63, 3.8) is 0 Å². The van der Waals surface area contributed by atoms with Crippen LogP contribution in [-0.2, 0) is 9.59 Å². The fraction of sp³-hybridized carbons (Fsp3) is 0.364. The van der Waals surface area contributed by atoms with E-state index in [0.717, 1.165) is 19.1 Å². The molecule has 0 bridgehead atoms. The molecule has 1 aliphatic rings. The van der Waals surface area contributed by atoms with Gasteiger partial charge in [0.05, 0.1) is 11.8 Å². The molecular weight excluding hydrogens is 164 g/mol. The number of ketones is 1. The molecule has 0 saturated heterocycles. The van der Waals surface area contributed by atoms with E-state index in [1.807, 2.05) is 6.92 Å². The zero-order chi connectivity index (χ0) is 9.68. The average molecular weight is 177 g/mol. The maximum Gasteiger partial charge on any atom is 0.141 e. The SMILES string of the molecule is CCCCC(=O)[C]1[CH][CH][CH][C]1C=O. The van der Waals surface area contributed by atoms with Crippen LogP contribution < -0.4 is 0 Å². The maximum absolute atomic E-state index is 11.5. The summed E-state index contributed by atoms with van der Waals surface area (Å²) < 4.78 is 0. The second-order valence-corrected chi connectivity index (χ2v) is 3.04. The molecule has 0 aromatic rings. The van der Waals surface area contributed by atoms with Crippen LogP contribution in [0.4, 0.5) is 0 Å². The van der Waals surface area contributed by atoms with Gasteiger partial charge < -0.3 is 4.79 Å². The van der Waals surface area contributed by atoms with Gasteiger partial charge in [-0.15, -0.1) is 0 Å². The Hall–Kier alpha value is -0.660. The molecule has 1 rings (SSSR count). The van der Waals surface area contributed by atoms with E-state index in [2.05, 4.69) is 0 Å². The van der Waals surface area contributed by atoms with Gasteiger partial charge in [-0.25, -0.2) is 0 Å². The van der Waals surface area contributed by atoms with Gasteiger partial charge >= 0.3 is 0 Å². The third-order valence-corrected chi connectivity index (χ3v) is 2.03. The number of hydrogen-bond donors (Lipinski definition) is 0. The van der Waals surface area contributed by atoms with Crippen LogP contribution >= 0.6 is 0 Å². The molecule has 0 aromatic heterocycles. The molecule has 13 heavy (non-hydrogen) atoms. The number of aldehydes is 1. The van der Waals surface area contributed by atoms with E-state index in [9.17, 15) is 9.59 Å². The average Bonchev–Trinajstić information content (AvgIpc) is 2.61. The molecule has 2 heteroatoms. The lowest BCUT2D eigenvalue weighted by Crippen LogP contribution is -2.16. The quantitative estimate of drug-likeness (QED) is 0.599. The van der Waals surface area contributed by atoms with Crippen molar-refractivity contribution in [2.45, 2.75) is 26.2 Å². The van der Waals surface area contributed by atoms with Crippen LogP contribution in [0, 0.1) is 31.1 Å². The smallest absolute Gasteiger partial charge is 0.141 e. The van der Waals surface area contributed by atoms with Crippen molar-refractivity contribution in [3.05, 3.63) is 31.1 Å². The minimum Gasteiger partial charge on any atom is -0.303 e. The Morgan fingerprint density at radius 1 is 1.46 bits per heavy atom. The Morgan fingerprint density at radius 3 is 2.85 bits per heavy atom. The van der Waals surface area contributed by atoms with Crippen molar-refractivity contribution in [1.82, 2.24) is 0 Å². The predicted octanol–water partition coefficient (Wildman–Crippen LogP) is 1.72. The number of unbranched alkanes of at least 4 members (excludes halogenated alkanes) is 1. The van der Waals surface area contributed by atoms with Crippen LogP contribution in [-0.4, -0.2) is 12.1 Å². The standard InChI is InChI=1S/C11H13O2/c1-2-3-7-11(13)10-6-4-5-9(10)8-12/h4-6,8H,2-3,7H2,1H3. The van der Waals surface area contributed by atoms with Gasteiger partial charge in [-0.3, -0.25) is 4.79 Å². The van der Waals surface area contributed by atoms with Crippen LogP contribution in [0.3, 0.4) is 0 Å². The lowest BCUT2D eigenvalue weighted by atomic mass is 9.90. The summed E-state index contributed by atoms with van der Waals surface area (Å²) in [6, 6.07) is 0. The molecule has 1 saturated carbocycles. The highest BCUT2D eigenvalue weighted by Gasteiger charge is 2.33. The molecule has 69 valence electrons. The van der Waals surface area contributed by atoms with Gasteiger partial charge in [0.15, 0.2) is 0 Å². The first-order valence-corrected chi connectivity index (χ1v) is 4.53. The molecular formula is C11H13O2. The van der Waals surface area contributed by atoms with E-state index in [4.69, 9.17) is 0 Å². The van der Waals surface area contributed by atoms with Crippen molar-refractivity contribution in [2.75, 3.05) is 0 Å². The van der Waals surface area contributed by atoms with Crippen molar-refractivity contribution in [2.24, 2.45) is 0 Å². The van der Waals surface area contributed by atoms with E-state index in [1.54, 1.807) is 19.3 Å². The van der Waals surface area contributed by atoms with Gasteiger partial charge in [0.1, 0.15) is 12.1 Å². The summed E-state index contributed by atoms with van der Waals surface area (Å²) in [7, 11) is 0. The Kier molecular flexibility index (Phi) is 4.13. The lowest BCUT2D eigenvalue weighted by molar-refractivity contribution is -0.117. The number of carbonyl (C=O) groups excluding carboxylic acids is 2. The molecule has 0 aromatic carbocycles. The molecule has 0 aliphatic heterocycles. The van der Waals surface area contributed by atoms with E-state index in [1.165, 1.54) is 0 Å². The normalized spacial score (nSPS) is 19.2. The Balaban J connectivity index is 2.40. The molecule has 0 N–H and O–H groups in total. The third-order valence-electron chi connectivity index (χ3n) is 2.03. The highest BCUT2D eigenvalue weighted by atomic mass is 16.1. The lowest BCUT2D eigenvalue weighted by Gasteiger charge is -2.10. The first kappa shape index (κ1) is 10.4. The molecule has 1 fully saturated rings. The zero-order valence-electron chi connectivity index (χ0n) is 7.75. The van der Waals surface area contributed by atoms with E-state index < -0.39 is 0 Å². The van der Waals surface area contributed by atoms with E-state index >= 15 is 0 Å². The fourth-order valence-corrected chi connectivity index (χ4v) is 1.26. The van der Waals surface area contributed by atoms with Crippen LogP contribution in [0.5, 0.6) is 0 Å². The van der Waals surface area contributed by atoms with Crippen LogP contribution in [0.1, 0.15) is 26.2 Å². The molecule has 1 aliphatic carbocycles. The molecule has 0 unspecified atom stereocenters. The van der Waals surface area contributed by atoms with Crippen molar-refractivity contribution in [1.29, 1.82) is 0 Å². The molecule has 2 nitrogen and oxygen atoms in total. The molecule has 0 amide bonds. The molecule has 0 heterocycles. The Labute approximate surface area is 79.7 Å². The monoisotopic (exact) mass is 177 g/mol. The van der Waals surface area contributed by atoms with Gasteiger partial charge in [0.2, 0.25) is 0 Å². The second kappa shape index (κ2) is 5.15. The largest absolute Gasteiger partial charge is 0.303 e. The summed E-state index contributed by atoms with van der Waals surface area (Å²) in [4.78, 5) is 22.0. The fourth-order valence-electron chi connectivity index (χ4n) is 1.26. The first-order valence-electron chi connectivity index (χ1n) is 4.53. The van der Waals surface area contributed by atoms with Gasteiger partial charge in [-0.2, -0.15) is 0 Å². The van der Waals surface area contributed by atoms with Crippen LogP contribution in [0.15, 0.2) is 0 Å². The number of hydrogen-bond acceptors (Lipinski definition) is 2. The minimum atomic E-state index is 0.0777.